The van der Waals surface area contributed by atoms with Gasteiger partial charge in [-0.3, -0.25) is 0 Å². The van der Waals surface area contributed by atoms with Gasteiger partial charge in [0.15, 0.2) is 18.9 Å². The Kier molecular flexibility index (Phi) is 13.0. The van der Waals surface area contributed by atoms with Crippen molar-refractivity contribution in [2.24, 2.45) is 34.5 Å². The minimum atomic E-state index is -1.70. The zero-order valence-electron chi connectivity index (χ0n) is 35.4. The predicted octanol–water partition coefficient (Wildman–Crippen LogP) is -0.643. The van der Waals surface area contributed by atoms with Crippen LogP contribution in [0.1, 0.15) is 85.0 Å². The number of carbonyl (C=O) groups excluding carboxylic acids is 2. The maximum Gasteiger partial charge on any atom is 0.331 e. The number of hydrogen-bond acceptors (Lipinski definition) is 18. The Balaban J connectivity index is 0.886. The first-order valence-corrected chi connectivity index (χ1v) is 22.2. The predicted molar refractivity (Wildman–Crippen MR) is 207 cm³/mol. The monoisotopic (exact) mass is 870 g/mol. The molecule has 18 heteroatoms. The van der Waals surface area contributed by atoms with Crippen LogP contribution in [-0.2, 0) is 47.5 Å². The third-order valence-electron chi connectivity index (χ3n) is 16.7. The first-order chi connectivity index (χ1) is 28.9. The Labute approximate surface area is 355 Å². The molecule has 22 atom stereocenters. The van der Waals surface area contributed by atoms with E-state index in [-0.39, 0.29) is 43.2 Å². The van der Waals surface area contributed by atoms with E-state index in [0.717, 1.165) is 18.3 Å². The zero-order chi connectivity index (χ0) is 43.8. The molecule has 0 aromatic carbocycles. The summed E-state index contributed by atoms with van der Waals surface area (Å²) < 4.78 is 47.2. The van der Waals surface area contributed by atoms with Crippen molar-refractivity contribution in [1.29, 1.82) is 0 Å². The van der Waals surface area contributed by atoms with Crippen LogP contribution in [0, 0.1) is 34.5 Å². The lowest BCUT2D eigenvalue weighted by atomic mass is 9.41. The fraction of sp³-hybridized carbons (Fsp3) is 0.907. The van der Waals surface area contributed by atoms with E-state index >= 15 is 0 Å². The van der Waals surface area contributed by atoms with Crippen LogP contribution in [0.5, 0.6) is 0 Å². The smallest absolute Gasteiger partial charge is 0.331 e. The summed E-state index contributed by atoms with van der Waals surface area (Å²) in [5.74, 6) is -1.44. The first-order valence-electron chi connectivity index (χ1n) is 22.2. The second-order valence-electron chi connectivity index (χ2n) is 19.5. The second-order valence-corrected chi connectivity index (χ2v) is 19.5. The Morgan fingerprint density at radius 2 is 1.57 bits per heavy atom. The van der Waals surface area contributed by atoms with Gasteiger partial charge in [-0.1, -0.05) is 13.8 Å². The van der Waals surface area contributed by atoms with E-state index in [0.29, 0.717) is 44.9 Å². The Morgan fingerprint density at radius 3 is 2.26 bits per heavy atom. The topological polar surface area (TPSA) is 270 Å². The summed E-state index contributed by atoms with van der Waals surface area (Å²) in [5, 5.41) is 88.0. The van der Waals surface area contributed by atoms with E-state index in [1.807, 2.05) is 0 Å². The van der Waals surface area contributed by atoms with Gasteiger partial charge in [-0.05, 0) is 81.6 Å². The van der Waals surface area contributed by atoms with Crippen molar-refractivity contribution in [3.8, 4) is 0 Å². The Bertz CT molecular complexity index is 1630. The molecule has 4 heterocycles. The summed E-state index contributed by atoms with van der Waals surface area (Å²) >= 11 is 0. The van der Waals surface area contributed by atoms with Crippen molar-refractivity contribution >= 4 is 12.3 Å². The summed E-state index contributed by atoms with van der Waals surface area (Å²) in [4.78, 5) is 25.3. The first kappa shape index (κ1) is 45.8. The molecule has 0 radical (unpaired) electrons. The van der Waals surface area contributed by atoms with E-state index in [4.69, 9.17) is 37.9 Å². The van der Waals surface area contributed by atoms with E-state index in [1.54, 1.807) is 19.9 Å². The van der Waals surface area contributed by atoms with Gasteiger partial charge in [-0.2, -0.15) is 0 Å². The van der Waals surface area contributed by atoms with Crippen LogP contribution in [-0.4, -0.2) is 177 Å². The highest BCUT2D eigenvalue weighted by atomic mass is 16.7. The second kappa shape index (κ2) is 17.3. The molecule has 4 aliphatic carbocycles. The molecule has 0 bridgehead atoms. The highest BCUT2D eigenvalue weighted by Crippen LogP contribution is 2.70. The molecule has 8 aliphatic rings. The SMILES string of the molecule is COC1CC(OC2CCC3(C=O)C4CCC5(C)C(C6=CC(=O)OC6)CCC5(O)C4CCC3(O)C2)OC(C)C1OC1OC(COC2OC(CO)C(O)C(C)C2O)C(O)C(O)C1O. The van der Waals surface area contributed by atoms with E-state index in [9.17, 15) is 50.4 Å². The highest BCUT2D eigenvalue weighted by molar-refractivity contribution is 5.85. The van der Waals surface area contributed by atoms with Crippen molar-refractivity contribution < 1.29 is 88.3 Å². The molecule has 8 rings (SSSR count). The summed E-state index contributed by atoms with van der Waals surface area (Å²) in [5.41, 5.74) is -3.01. The van der Waals surface area contributed by atoms with Gasteiger partial charge in [0.25, 0.3) is 0 Å². The molecule has 22 unspecified atom stereocenters. The summed E-state index contributed by atoms with van der Waals surface area (Å²) in [6.45, 7) is 4.75. The largest absolute Gasteiger partial charge is 0.458 e. The standard InChI is InChI=1S/C43H66O18/c1-20-32(47)28(16-44)59-38(33(20)48)56-18-29-34(49)35(50)36(51)39(60-29)61-37-21(2)57-31(14-27(37)54-4)58-23-5-10-41(19-45)25-6-9-40(3)24(22-13-30(46)55-17-22)8-12-43(40,53)26(25)7-11-42(41,52)15-23/h13,19-21,23-29,31-39,44,47-53H,5-12,14-18H2,1-4H3. The molecule has 3 saturated heterocycles. The average molecular weight is 871 g/mol. The molecule has 0 aromatic rings. The number of ether oxygens (including phenoxy) is 8. The molecule has 4 saturated carbocycles. The van der Waals surface area contributed by atoms with Gasteiger partial charge in [0.05, 0.1) is 54.2 Å². The van der Waals surface area contributed by atoms with Crippen LogP contribution in [0.4, 0.5) is 0 Å². The van der Waals surface area contributed by atoms with Crippen molar-refractivity contribution in [3.05, 3.63) is 11.6 Å². The van der Waals surface area contributed by atoms with Crippen LogP contribution in [0.3, 0.4) is 0 Å². The van der Waals surface area contributed by atoms with Crippen LogP contribution >= 0.6 is 0 Å². The van der Waals surface area contributed by atoms with Crippen molar-refractivity contribution in [2.45, 2.75) is 182 Å². The molecule has 7 fully saturated rings. The fourth-order valence-electron chi connectivity index (χ4n) is 13.1. The normalized spacial score (nSPS) is 53.6. The molecule has 346 valence electrons. The quantitative estimate of drug-likeness (QED) is 0.0729. The maximum absolute atomic E-state index is 13.3. The number of esters is 1. The Hall–Kier alpha value is -1.72. The minimum absolute atomic E-state index is 0.0118. The van der Waals surface area contributed by atoms with Crippen LogP contribution < -0.4 is 0 Å². The molecule has 0 spiro atoms. The van der Waals surface area contributed by atoms with Crippen molar-refractivity contribution in [1.82, 2.24) is 0 Å². The van der Waals surface area contributed by atoms with Gasteiger partial charge in [-0.25, -0.2) is 4.79 Å². The number of fused-ring (bicyclic) bond motifs is 5. The molecule has 0 amide bonds. The Morgan fingerprint density at radius 1 is 0.836 bits per heavy atom. The molecular formula is C43H66O18. The van der Waals surface area contributed by atoms with Gasteiger partial charge in [0.1, 0.15) is 55.6 Å². The fourth-order valence-corrected chi connectivity index (χ4v) is 13.1. The van der Waals surface area contributed by atoms with E-state index in [1.165, 1.54) is 7.11 Å². The molecule has 4 aliphatic heterocycles. The molecule has 8 N–H and O–H groups in total. The third kappa shape index (κ3) is 7.56. The minimum Gasteiger partial charge on any atom is -0.458 e. The summed E-state index contributed by atoms with van der Waals surface area (Å²) in [6, 6.07) is 0. The zero-order valence-corrected chi connectivity index (χ0v) is 35.4. The number of carbonyl (C=O) groups is 2. The molecule has 61 heavy (non-hydrogen) atoms. The van der Waals surface area contributed by atoms with Gasteiger partial charge in [0, 0.05) is 37.4 Å². The van der Waals surface area contributed by atoms with Crippen molar-refractivity contribution in [3.63, 3.8) is 0 Å². The lowest BCUT2D eigenvalue weighted by Crippen LogP contribution is -2.69. The highest BCUT2D eigenvalue weighted by Gasteiger charge is 2.71. The van der Waals surface area contributed by atoms with Gasteiger partial charge in [0.2, 0.25) is 0 Å². The van der Waals surface area contributed by atoms with E-state index < -0.39 is 127 Å². The number of methoxy groups -OCH3 is 1. The number of aliphatic hydroxyl groups is 8. The van der Waals surface area contributed by atoms with Gasteiger partial charge >= 0.3 is 5.97 Å². The average Bonchev–Trinajstić information content (AvgIpc) is 3.79. The van der Waals surface area contributed by atoms with Crippen LogP contribution in [0.25, 0.3) is 0 Å². The number of cyclic esters (lactones) is 1. The number of aldehydes is 1. The van der Waals surface area contributed by atoms with Gasteiger partial charge in [-0.15, -0.1) is 0 Å². The number of hydrogen-bond donors (Lipinski definition) is 8. The molecule has 18 nitrogen and oxygen atoms in total. The molecular weight excluding hydrogens is 804 g/mol. The number of aliphatic hydroxyl groups excluding tert-OH is 6. The maximum atomic E-state index is 13.3. The third-order valence-corrected chi connectivity index (χ3v) is 16.7. The summed E-state index contributed by atoms with van der Waals surface area (Å²) in [6.07, 6.45) is -8.52. The van der Waals surface area contributed by atoms with Gasteiger partial charge < -0.3 is 83.5 Å². The van der Waals surface area contributed by atoms with Crippen molar-refractivity contribution in [2.75, 3.05) is 26.9 Å². The molecule has 0 aromatic heterocycles. The number of rotatable bonds is 11. The van der Waals surface area contributed by atoms with E-state index in [2.05, 4.69) is 6.92 Å². The van der Waals surface area contributed by atoms with Crippen LogP contribution in [0.2, 0.25) is 0 Å². The van der Waals surface area contributed by atoms with Crippen LogP contribution in [0.15, 0.2) is 11.6 Å². The lowest BCUT2D eigenvalue weighted by molar-refractivity contribution is -0.354. The summed E-state index contributed by atoms with van der Waals surface area (Å²) in [7, 11) is 1.49. The lowest BCUT2D eigenvalue weighted by Gasteiger charge is -2.65.